The van der Waals surface area contributed by atoms with Crippen molar-refractivity contribution in [2.45, 2.75) is 13.8 Å². The average Bonchev–Trinajstić information content (AvgIpc) is 1.84. The molecule has 1 heterocycles. The number of hydrogen-bond donors (Lipinski definition) is 0. The summed E-state index contributed by atoms with van der Waals surface area (Å²) in [6.07, 6.45) is 0. The molecule has 1 aliphatic rings. The first kappa shape index (κ1) is 8.53. The highest BCUT2D eigenvalue weighted by Crippen LogP contribution is 2.14. The molecule has 0 unspecified atom stereocenters. The largest absolute Gasteiger partial charge is 0.465 e. The van der Waals surface area contributed by atoms with E-state index in [0.29, 0.717) is 12.5 Å². The Hall–Kier alpha value is -0.570. The minimum absolute atomic E-state index is 0.167. The second-order valence-corrected chi connectivity index (χ2v) is 3.02. The Labute approximate surface area is 67.3 Å². The van der Waals surface area contributed by atoms with Crippen LogP contribution >= 0.6 is 0 Å². The lowest BCUT2D eigenvalue weighted by atomic mass is 10.0. The number of likely N-dealkylation sites (tertiary alicyclic amines) is 1. The predicted octanol–water partition coefficient (Wildman–Crippen LogP) is 0.501. The van der Waals surface area contributed by atoms with E-state index in [1.54, 1.807) is 0 Å². The van der Waals surface area contributed by atoms with Crippen LogP contribution in [-0.4, -0.2) is 37.1 Å². The number of carbonyl (C=O) groups is 1. The number of carbonyl (C=O) groups excluding carboxylic acids is 1. The van der Waals surface area contributed by atoms with E-state index in [0.717, 1.165) is 19.6 Å². The normalized spacial score (nSPS) is 19.5. The van der Waals surface area contributed by atoms with Gasteiger partial charge in [0.25, 0.3) is 0 Å². The van der Waals surface area contributed by atoms with Gasteiger partial charge in [-0.25, -0.2) is 0 Å². The van der Waals surface area contributed by atoms with Crippen molar-refractivity contribution in [3.63, 3.8) is 0 Å². The van der Waals surface area contributed by atoms with Gasteiger partial charge < -0.3 is 9.64 Å². The van der Waals surface area contributed by atoms with Gasteiger partial charge in [0.15, 0.2) is 0 Å². The van der Waals surface area contributed by atoms with Crippen molar-refractivity contribution in [3.05, 3.63) is 0 Å². The van der Waals surface area contributed by atoms with Crippen LogP contribution in [0.5, 0.6) is 0 Å². The van der Waals surface area contributed by atoms with E-state index in [9.17, 15) is 4.79 Å². The molecule has 0 atom stereocenters. The quantitative estimate of drug-likeness (QED) is 0.559. The van der Waals surface area contributed by atoms with Crippen LogP contribution in [0.25, 0.3) is 0 Å². The summed E-state index contributed by atoms with van der Waals surface area (Å²) in [6, 6.07) is 0. The molecule has 0 spiro atoms. The average molecular weight is 157 g/mol. The molecule has 0 amide bonds. The molecule has 3 heteroatoms. The number of hydrogen-bond acceptors (Lipinski definition) is 3. The highest BCUT2D eigenvalue weighted by molar-refractivity contribution is 5.65. The molecule has 0 aromatic rings. The first-order chi connectivity index (χ1) is 5.22. The Kier molecular flexibility index (Phi) is 2.88. The van der Waals surface area contributed by atoms with Crippen LogP contribution in [0.2, 0.25) is 0 Å². The van der Waals surface area contributed by atoms with E-state index >= 15 is 0 Å². The van der Waals surface area contributed by atoms with Gasteiger partial charge in [0.1, 0.15) is 0 Å². The van der Waals surface area contributed by atoms with E-state index in [-0.39, 0.29) is 5.97 Å². The Bertz CT molecular complexity index is 141. The summed E-state index contributed by atoms with van der Waals surface area (Å²) in [4.78, 5) is 12.7. The van der Waals surface area contributed by atoms with E-state index in [1.165, 1.54) is 6.92 Å². The molecule has 0 aromatic heterocycles. The number of esters is 1. The van der Waals surface area contributed by atoms with Crippen LogP contribution in [0.4, 0.5) is 0 Å². The maximum atomic E-state index is 10.4. The molecule has 0 aromatic carbocycles. The molecule has 1 aliphatic heterocycles. The van der Waals surface area contributed by atoms with E-state index in [4.69, 9.17) is 4.74 Å². The molecule has 11 heavy (non-hydrogen) atoms. The third-order valence-corrected chi connectivity index (χ3v) is 2.00. The Morgan fingerprint density at radius 2 is 2.27 bits per heavy atom. The van der Waals surface area contributed by atoms with Crippen LogP contribution in [0.1, 0.15) is 13.8 Å². The maximum Gasteiger partial charge on any atom is 0.302 e. The van der Waals surface area contributed by atoms with Crippen LogP contribution in [0.3, 0.4) is 0 Å². The minimum atomic E-state index is -0.167. The molecule has 64 valence electrons. The first-order valence-electron chi connectivity index (χ1n) is 4.08. The molecule has 0 bridgehead atoms. The zero-order chi connectivity index (χ0) is 8.27. The topological polar surface area (TPSA) is 29.5 Å². The summed E-state index contributed by atoms with van der Waals surface area (Å²) in [5, 5.41) is 0. The molecular weight excluding hydrogens is 142 g/mol. The summed E-state index contributed by atoms with van der Waals surface area (Å²) in [5.74, 6) is 0.416. The van der Waals surface area contributed by atoms with Crippen molar-refractivity contribution in [1.82, 2.24) is 4.90 Å². The van der Waals surface area contributed by atoms with Crippen LogP contribution in [0.15, 0.2) is 0 Å². The fourth-order valence-electron chi connectivity index (χ4n) is 1.28. The van der Waals surface area contributed by atoms with Crippen molar-refractivity contribution < 1.29 is 9.53 Å². The minimum Gasteiger partial charge on any atom is -0.465 e. The lowest BCUT2D eigenvalue weighted by Gasteiger charge is -2.37. The van der Waals surface area contributed by atoms with Gasteiger partial charge in [-0.05, 0) is 6.54 Å². The van der Waals surface area contributed by atoms with Crippen molar-refractivity contribution >= 4 is 5.97 Å². The van der Waals surface area contributed by atoms with Crippen molar-refractivity contribution in [3.8, 4) is 0 Å². The molecular formula is C8H15NO2. The molecule has 1 rings (SSSR count). The molecule has 0 saturated carbocycles. The summed E-state index contributed by atoms with van der Waals surface area (Å²) in [7, 11) is 0. The van der Waals surface area contributed by atoms with Crippen molar-refractivity contribution in [2.24, 2.45) is 5.92 Å². The van der Waals surface area contributed by atoms with Crippen LogP contribution in [-0.2, 0) is 9.53 Å². The molecule has 1 saturated heterocycles. The van der Waals surface area contributed by atoms with Crippen LogP contribution in [0, 0.1) is 5.92 Å². The molecule has 0 radical (unpaired) electrons. The fraction of sp³-hybridized carbons (Fsp3) is 0.875. The van der Waals surface area contributed by atoms with Gasteiger partial charge in [0, 0.05) is 25.9 Å². The van der Waals surface area contributed by atoms with Gasteiger partial charge in [-0.2, -0.15) is 0 Å². The number of ether oxygens (including phenoxy) is 1. The van der Waals surface area contributed by atoms with Gasteiger partial charge in [0.2, 0.25) is 0 Å². The first-order valence-corrected chi connectivity index (χ1v) is 4.08. The fourth-order valence-corrected chi connectivity index (χ4v) is 1.28. The highest BCUT2D eigenvalue weighted by Gasteiger charge is 2.25. The Balaban J connectivity index is 2.00. The highest BCUT2D eigenvalue weighted by atomic mass is 16.5. The lowest BCUT2D eigenvalue weighted by Crippen LogP contribution is -2.48. The zero-order valence-electron chi connectivity index (χ0n) is 7.17. The molecule has 3 nitrogen and oxygen atoms in total. The van der Waals surface area contributed by atoms with Crippen molar-refractivity contribution in [2.75, 3.05) is 26.2 Å². The predicted molar refractivity (Wildman–Crippen MR) is 42.2 cm³/mol. The van der Waals surface area contributed by atoms with Gasteiger partial charge in [-0.15, -0.1) is 0 Å². The van der Waals surface area contributed by atoms with Gasteiger partial charge in [-0.3, -0.25) is 4.79 Å². The smallest absolute Gasteiger partial charge is 0.302 e. The van der Waals surface area contributed by atoms with E-state index in [1.807, 2.05) is 0 Å². The lowest BCUT2D eigenvalue weighted by molar-refractivity contribution is -0.144. The Morgan fingerprint density at radius 1 is 1.64 bits per heavy atom. The third-order valence-electron chi connectivity index (χ3n) is 2.00. The standard InChI is InChI=1S/C8H15NO2/c1-3-9-4-8(5-9)6-11-7(2)10/h8H,3-6H2,1-2H3. The zero-order valence-corrected chi connectivity index (χ0v) is 7.17. The van der Waals surface area contributed by atoms with Gasteiger partial charge in [0.05, 0.1) is 6.61 Å². The summed E-state index contributed by atoms with van der Waals surface area (Å²) in [5.41, 5.74) is 0. The summed E-state index contributed by atoms with van der Waals surface area (Å²) < 4.78 is 4.87. The molecule has 1 fully saturated rings. The number of rotatable bonds is 3. The summed E-state index contributed by atoms with van der Waals surface area (Å²) >= 11 is 0. The second-order valence-electron chi connectivity index (χ2n) is 3.02. The van der Waals surface area contributed by atoms with E-state index < -0.39 is 0 Å². The molecule has 0 N–H and O–H groups in total. The van der Waals surface area contributed by atoms with E-state index in [2.05, 4.69) is 11.8 Å². The van der Waals surface area contributed by atoms with Gasteiger partial charge >= 0.3 is 5.97 Å². The molecule has 0 aliphatic carbocycles. The van der Waals surface area contributed by atoms with Crippen molar-refractivity contribution in [1.29, 1.82) is 0 Å². The van der Waals surface area contributed by atoms with Crippen LogP contribution < -0.4 is 0 Å². The maximum absolute atomic E-state index is 10.4. The SMILES string of the molecule is CCN1CC(COC(C)=O)C1. The summed E-state index contributed by atoms with van der Waals surface area (Å²) in [6.45, 7) is 7.48. The Morgan fingerprint density at radius 3 is 2.73 bits per heavy atom. The number of nitrogens with zero attached hydrogens (tertiary/aromatic N) is 1. The monoisotopic (exact) mass is 157 g/mol. The second kappa shape index (κ2) is 3.72. The van der Waals surface area contributed by atoms with Gasteiger partial charge in [-0.1, -0.05) is 6.92 Å². The third kappa shape index (κ3) is 2.50.